The molecular formula is C25H26N4O2. The van der Waals surface area contributed by atoms with E-state index in [0.29, 0.717) is 35.9 Å². The van der Waals surface area contributed by atoms with Crippen LogP contribution in [0, 0.1) is 17.2 Å². The van der Waals surface area contributed by atoms with Crippen LogP contribution in [0.4, 0.5) is 5.82 Å². The van der Waals surface area contributed by atoms with E-state index in [9.17, 15) is 10.1 Å². The van der Waals surface area contributed by atoms with E-state index in [2.05, 4.69) is 21.3 Å². The molecule has 6 heteroatoms. The fraction of sp³-hybridized carbons (Fsp3) is 0.320. The first-order valence-electron chi connectivity index (χ1n) is 10.7. The summed E-state index contributed by atoms with van der Waals surface area (Å²) in [5.74, 6) is 1.66. The van der Waals surface area contributed by atoms with Crippen molar-refractivity contribution in [1.29, 1.82) is 5.26 Å². The molecule has 0 bridgehead atoms. The van der Waals surface area contributed by atoms with Crippen molar-refractivity contribution in [3.05, 3.63) is 65.9 Å². The molecule has 0 atom stereocenters. The van der Waals surface area contributed by atoms with Crippen LogP contribution >= 0.6 is 0 Å². The average Bonchev–Trinajstić information content (AvgIpc) is 2.83. The zero-order valence-electron chi connectivity index (χ0n) is 17.7. The van der Waals surface area contributed by atoms with Gasteiger partial charge < -0.3 is 15.0 Å². The Morgan fingerprint density at radius 3 is 2.77 bits per heavy atom. The lowest BCUT2D eigenvalue weighted by atomic mass is 9.96. The summed E-state index contributed by atoms with van der Waals surface area (Å²) in [5.41, 5.74) is 1.21. The minimum atomic E-state index is -0.0980. The number of ether oxygens (including phenoxy) is 1. The molecule has 2 aromatic carbocycles. The van der Waals surface area contributed by atoms with Crippen LogP contribution in [-0.4, -0.2) is 37.1 Å². The summed E-state index contributed by atoms with van der Waals surface area (Å²) in [6, 6.07) is 17.5. The zero-order valence-corrected chi connectivity index (χ0v) is 17.7. The number of nitrogens with zero attached hydrogens (tertiary/aromatic N) is 3. The van der Waals surface area contributed by atoms with Crippen molar-refractivity contribution in [2.45, 2.75) is 19.8 Å². The SMILES string of the molecule is CCOc1ccc2ccccc2c1C(=O)NCC1CCN(c2ncccc2C#N)CC1. The van der Waals surface area contributed by atoms with Crippen molar-refractivity contribution < 1.29 is 9.53 Å². The highest BCUT2D eigenvalue weighted by atomic mass is 16.5. The number of amides is 1. The molecule has 0 radical (unpaired) electrons. The van der Waals surface area contributed by atoms with Gasteiger partial charge in [-0.1, -0.05) is 30.3 Å². The van der Waals surface area contributed by atoms with E-state index in [1.165, 1.54) is 0 Å². The molecule has 1 aliphatic rings. The molecule has 0 spiro atoms. The van der Waals surface area contributed by atoms with Gasteiger partial charge in [0.15, 0.2) is 0 Å². The number of piperidine rings is 1. The molecule has 2 heterocycles. The molecule has 1 N–H and O–H groups in total. The normalized spacial score (nSPS) is 14.3. The first kappa shape index (κ1) is 20.7. The number of aromatic nitrogens is 1. The molecule has 1 fully saturated rings. The summed E-state index contributed by atoms with van der Waals surface area (Å²) >= 11 is 0. The number of carbonyl (C=O) groups excluding carboxylic acids is 1. The maximum Gasteiger partial charge on any atom is 0.255 e. The molecule has 1 amide bonds. The van der Waals surface area contributed by atoms with Gasteiger partial charge in [-0.25, -0.2) is 4.98 Å². The molecule has 1 saturated heterocycles. The van der Waals surface area contributed by atoms with Gasteiger partial charge in [0.25, 0.3) is 5.91 Å². The molecule has 6 nitrogen and oxygen atoms in total. The number of pyridine rings is 1. The van der Waals surface area contributed by atoms with Gasteiger partial charge in [0, 0.05) is 25.8 Å². The predicted molar refractivity (Wildman–Crippen MR) is 121 cm³/mol. The third kappa shape index (κ3) is 4.46. The van der Waals surface area contributed by atoms with Gasteiger partial charge in [-0.05, 0) is 54.7 Å². The summed E-state index contributed by atoms with van der Waals surface area (Å²) in [6.45, 7) is 4.70. The van der Waals surface area contributed by atoms with Crippen LogP contribution in [0.25, 0.3) is 10.8 Å². The maximum atomic E-state index is 13.1. The van der Waals surface area contributed by atoms with Crippen LogP contribution in [0.1, 0.15) is 35.7 Å². The molecule has 0 unspecified atom stereocenters. The van der Waals surface area contributed by atoms with E-state index >= 15 is 0 Å². The highest BCUT2D eigenvalue weighted by molar-refractivity contribution is 6.09. The van der Waals surface area contributed by atoms with Gasteiger partial charge in [-0.2, -0.15) is 5.26 Å². The van der Waals surface area contributed by atoms with Crippen molar-refractivity contribution >= 4 is 22.5 Å². The third-order valence-corrected chi connectivity index (χ3v) is 5.79. The van der Waals surface area contributed by atoms with E-state index in [-0.39, 0.29) is 5.91 Å². The zero-order chi connectivity index (χ0) is 21.6. The Labute approximate surface area is 182 Å². The molecule has 4 rings (SSSR count). The molecule has 0 saturated carbocycles. The number of hydrogen-bond acceptors (Lipinski definition) is 5. The second-order valence-corrected chi connectivity index (χ2v) is 7.72. The second kappa shape index (κ2) is 9.48. The summed E-state index contributed by atoms with van der Waals surface area (Å²) in [6.07, 6.45) is 3.60. The molecule has 31 heavy (non-hydrogen) atoms. The van der Waals surface area contributed by atoms with Gasteiger partial charge in [0.1, 0.15) is 17.6 Å². The van der Waals surface area contributed by atoms with E-state index in [1.54, 1.807) is 18.3 Å². The Hall–Kier alpha value is -3.59. The number of nitrogens with one attached hydrogen (secondary N) is 1. The van der Waals surface area contributed by atoms with E-state index < -0.39 is 0 Å². The molecule has 1 aromatic heterocycles. The Balaban J connectivity index is 1.41. The molecule has 0 aliphatic carbocycles. The lowest BCUT2D eigenvalue weighted by molar-refractivity contribution is 0.0943. The predicted octanol–water partition coefficient (Wildman–Crippen LogP) is 4.15. The Morgan fingerprint density at radius 1 is 1.19 bits per heavy atom. The summed E-state index contributed by atoms with van der Waals surface area (Å²) in [5, 5.41) is 14.4. The maximum absolute atomic E-state index is 13.1. The van der Waals surface area contributed by atoms with Gasteiger partial charge >= 0.3 is 0 Å². The Kier molecular flexibility index (Phi) is 6.32. The van der Waals surface area contributed by atoms with Gasteiger partial charge in [-0.15, -0.1) is 0 Å². The summed E-state index contributed by atoms with van der Waals surface area (Å²) in [7, 11) is 0. The van der Waals surface area contributed by atoms with Crippen LogP contribution in [-0.2, 0) is 0 Å². The van der Waals surface area contributed by atoms with Gasteiger partial charge in [0.05, 0.1) is 17.7 Å². The number of nitriles is 1. The minimum absolute atomic E-state index is 0.0980. The van der Waals surface area contributed by atoms with Gasteiger partial charge in [0.2, 0.25) is 0 Å². The number of fused-ring (bicyclic) bond motifs is 1. The molecular weight excluding hydrogens is 388 g/mol. The fourth-order valence-electron chi connectivity index (χ4n) is 4.17. The first-order chi connectivity index (χ1) is 15.2. The molecule has 1 aliphatic heterocycles. The van der Waals surface area contributed by atoms with E-state index in [0.717, 1.165) is 42.5 Å². The number of rotatable bonds is 6. The van der Waals surface area contributed by atoms with Crippen LogP contribution in [0.3, 0.4) is 0 Å². The fourth-order valence-corrected chi connectivity index (χ4v) is 4.17. The van der Waals surface area contributed by atoms with Crippen molar-refractivity contribution in [2.75, 3.05) is 31.1 Å². The van der Waals surface area contributed by atoms with Crippen LogP contribution in [0.15, 0.2) is 54.7 Å². The van der Waals surface area contributed by atoms with Crippen LogP contribution in [0.2, 0.25) is 0 Å². The number of carbonyl (C=O) groups is 1. The smallest absolute Gasteiger partial charge is 0.255 e. The molecule has 158 valence electrons. The van der Waals surface area contributed by atoms with Crippen LogP contribution < -0.4 is 15.0 Å². The van der Waals surface area contributed by atoms with Crippen molar-refractivity contribution in [1.82, 2.24) is 10.3 Å². The lowest BCUT2D eigenvalue weighted by Crippen LogP contribution is -2.39. The van der Waals surface area contributed by atoms with E-state index in [1.807, 2.05) is 43.3 Å². The highest BCUT2D eigenvalue weighted by Gasteiger charge is 2.23. The quantitative estimate of drug-likeness (QED) is 0.656. The topological polar surface area (TPSA) is 78.2 Å². The number of hydrogen-bond donors (Lipinski definition) is 1. The summed E-state index contributed by atoms with van der Waals surface area (Å²) < 4.78 is 5.74. The van der Waals surface area contributed by atoms with Crippen molar-refractivity contribution in [3.8, 4) is 11.8 Å². The lowest BCUT2D eigenvalue weighted by Gasteiger charge is -2.33. The first-order valence-corrected chi connectivity index (χ1v) is 10.7. The molecule has 3 aromatic rings. The monoisotopic (exact) mass is 414 g/mol. The highest BCUT2D eigenvalue weighted by Crippen LogP contribution is 2.29. The average molecular weight is 415 g/mol. The Bertz CT molecular complexity index is 1110. The summed E-state index contributed by atoms with van der Waals surface area (Å²) in [4.78, 5) is 19.7. The third-order valence-electron chi connectivity index (χ3n) is 5.79. The van der Waals surface area contributed by atoms with Crippen LogP contribution in [0.5, 0.6) is 5.75 Å². The Morgan fingerprint density at radius 2 is 2.00 bits per heavy atom. The largest absolute Gasteiger partial charge is 0.493 e. The van der Waals surface area contributed by atoms with Gasteiger partial charge in [-0.3, -0.25) is 4.79 Å². The second-order valence-electron chi connectivity index (χ2n) is 7.72. The van der Waals surface area contributed by atoms with E-state index in [4.69, 9.17) is 4.74 Å². The minimum Gasteiger partial charge on any atom is -0.493 e. The number of anilines is 1. The number of benzene rings is 2. The standard InChI is InChI=1S/C25H26N4O2/c1-2-31-22-10-9-19-6-3-4-8-21(19)23(22)25(30)28-17-18-11-14-29(15-12-18)24-20(16-26)7-5-13-27-24/h3-10,13,18H,2,11-12,14-15,17H2,1H3,(H,28,30). The van der Waals surface area contributed by atoms with Crippen molar-refractivity contribution in [3.63, 3.8) is 0 Å². The van der Waals surface area contributed by atoms with Crippen molar-refractivity contribution in [2.24, 2.45) is 5.92 Å².